The molecule has 0 radical (unpaired) electrons. The smallest absolute Gasteiger partial charge is 0.223 e. The van der Waals surface area contributed by atoms with Crippen LogP contribution >= 0.6 is 0 Å². The molecule has 114 valence electrons. The largest absolute Gasteiger partial charge is 0.336 e. The standard InChI is InChI=1S/C17H25N3O/c1-12-17(13(2)19(3)18-12)15-9-6-10-20(15)16(21)11-14-7-4-5-8-14/h4,7,14-15H,5-6,8-11H2,1-3H3/t14-,15+/m1/s1. The maximum Gasteiger partial charge on any atom is 0.223 e. The maximum atomic E-state index is 12.7. The average Bonchev–Trinajstić information content (AvgIpc) is 3.13. The minimum atomic E-state index is 0.233. The van der Waals surface area contributed by atoms with Gasteiger partial charge in [-0.1, -0.05) is 12.2 Å². The highest BCUT2D eigenvalue weighted by Crippen LogP contribution is 2.36. The quantitative estimate of drug-likeness (QED) is 0.801. The SMILES string of the molecule is Cc1nn(C)c(C)c1[C@@H]1CCCN1C(=O)C[C@@H]1C=CCC1. The Morgan fingerprint density at radius 2 is 2.19 bits per heavy atom. The average molecular weight is 287 g/mol. The lowest BCUT2D eigenvalue weighted by Gasteiger charge is -2.26. The van der Waals surface area contributed by atoms with E-state index in [0.717, 1.165) is 37.9 Å². The molecule has 21 heavy (non-hydrogen) atoms. The Labute approximate surface area is 126 Å². The number of nitrogens with zero attached hydrogens (tertiary/aromatic N) is 3. The molecular formula is C17H25N3O. The highest BCUT2D eigenvalue weighted by Gasteiger charge is 2.34. The van der Waals surface area contributed by atoms with Crippen molar-refractivity contribution < 1.29 is 4.79 Å². The maximum absolute atomic E-state index is 12.7. The molecule has 1 fully saturated rings. The summed E-state index contributed by atoms with van der Waals surface area (Å²) in [6.07, 6.45) is 9.52. The van der Waals surface area contributed by atoms with Gasteiger partial charge in [0, 0.05) is 31.3 Å². The number of aryl methyl sites for hydroxylation is 2. The lowest BCUT2D eigenvalue weighted by molar-refractivity contribution is -0.132. The van der Waals surface area contributed by atoms with Crippen molar-refractivity contribution in [2.75, 3.05) is 6.54 Å². The second kappa shape index (κ2) is 5.66. The summed E-state index contributed by atoms with van der Waals surface area (Å²) in [5, 5.41) is 4.52. The Hall–Kier alpha value is -1.58. The topological polar surface area (TPSA) is 38.1 Å². The number of hydrogen-bond donors (Lipinski definition) is 0. The molecule has 2 aliphatic rings. The third-order valence-corrected chi connectivity index (χ3v) is 5.02. The van der Waals surface area contributed by atoms with Gasteiger partial charge in [-0.3, -0.25) is 9.48 Å². The van der Waals surface area contributed by atoms with E-state index >= 15 is 0 Å². The van der Waals surface area contributed by atoms with Gasteiger partial charge in [0.05, 0.1) is 11.7 Å². The van der Waals surface area contributed by atoms with E-state index < -0.39 is 0 Å². The normalized spacial score (nSPS) is 25.0. The number of likely N-dealkylation sites (tertiary alicyclic amines) is 1. The molecule has 1 saturated heterocycles. The fourth-order valence-electron chi connectivity index (χ4n) is 3.84. The Morgan fingerprint density at radius 1 is 1.38 bits per heavy atom. The molecule has 1 aliphatic heterocycles. The summed E-state index contributed by atoms with van der Waals surface area (Å²) in [6, 6.07) is 0.233. The fourth-order valence-corrected chi connectivity index (χ4v) is 3.84. The third kappa shape index (κ3) is 2.63. The zero-order chi connectivity index (χ0) is 15.0. The summed E-state index contributed by atoms with van der Waals surface area (Å²) in [4.78, 5) is 14.8. The summed E-state index contributed by atoms with van der Waals surface area (Å²) in [5.41, 5.74) is 3.53. The molecule has 0 saturated carbocycles. The van der Waals surface area contributed by atoms with E-state index in [1.807, 2.05) is 11.7 Å². The van der Waals surface area contributed by atoms with Crippen LogP contribution in [0.4, 0.5) is 0 Å². The van der Waals surface area contributed by atoms with E-state index in [9.17, 15) is 4.79 Å². The van der Waals surface area contributed by atoms with Crippen LogP contribution in [0.5, 0.6) is 0 Å². The first kappa shape index (κ1) is 14.4. The van der Waals surface area contributed by atoms with Crippen LogP contribution in [-0.4, -0.2) is 27.1 Å². The van der Waals surface area contributed by atoms with Crippen molar-refractivity contribution in [2.45, 2.75) is 52.0 Å². The van der Waals surface area contributed by atoms with Gasteiger partial charge in [0.15, 0.2) is 0 Å². The van der Waals surface area contributed by atoms with E-state index in [4.69, 9.17) is 0 Å². The molecule has 0 bridgehead atoms. The summed E-state index contributed by atoms with van der Waals surface area (Å²) in [5.74, 6) is 0.770. The number of rotatable bonds is 3. The fraction of sp³-hybridized carbons (Fsp3) is 0.647. The molecule has 4 heteroatoms. The molecule has 0 aromatic carbocycles. The van der Waals surface area contributed by atoms with Gasteiger partial charge in [0.25, 0.3) is 0 Å². The van der Waals surface area contributed by atoms with Gasteiger partial charge in [-0.15, -0.1) is 0 Å². The van der Waals surface area contributed by atoms with E-state index in [0.29, 0.717) is 18.2 Å². The van der Waals surface area contributed by atoms with Crippen molar-refractivity contribution >= 4 is 5.91 Å². The molecule has 1 amide bonds. The minimum Gasteiger partial charge on any atom is -0.336 e. The first-order valence-electron chi connectivity index (χ1n) is 8.04. The van der Waals surface area contributed by atoms with E-state index in [1.165, 1.54) is 11.3 Å². The predicted octanol–water partition coefficient (Wildman–Crippen LogP) is 3.06. The summed E-state index contributed by atoms with van der Waals surface area (Å²) in [6.45, 7) is 5.06. The second-order valence-corrected chi connectivity index (χ2v) is 6.42. The van der Waals surface area contributed by atoms with Crippen LogP contribution in [0.25, 0.3) is 0 Å². The van der Waals surface area contributed by atoms with Crippen LogP contribution < -0.4 is 0 Å². The van der Waals surface area contributed by atoms with Crippen molar-refractivity contribution in [3.8, 4) is 0 Å². The van der Waals surface area contributed by atoms with Crippen LogP contribution in [0.1, 0.15) is 55.1 Å². The molecule has 1 aromatic heterocycles. The first-order chi connectivity index (χ1) is 10.1. The van der Waals surface area contributed by atoms with Gasteiger partial charge in [0.1, 0.15) is 0 Å². The number of allylic oxidation sites excluding steroid dienone is 2. The molecular weight excluding hydrogens is 262 g/mol. The molecule has 2 heterocycles. The number of hydrogen-bond acceptors (Lipinski definition) is 2. The number of carbonyl (C=O) groups excluding carboxylic acids is 1. The lowest BCUT2D eigenvalue weighted by Crippen LogP contribution is -2.32. The molecule has 1 aromatic rings. The molecule has 1 aliphatic carbocycles. The van der Waals surface area contributed by atoms with Crippen molar-refractivity contribution in [3.05, 3.63) is 29.1 Å². The van der Waals surface area contributed by atoms with Crippen LogP contribution in [0.15, 0.2) is 12.2 Å². The van der Waals surface area contributed by atoms with Crippen LogP contribution in [0.3, 0.4) is 0 Å². The van der Waals surface area contributed by atoms with Crippen LogP contribution in [0.2, 0.25) is 0 Å². The van der Waals surface area contributed by atoms with Gasteiger partial charge in [-0.05, 0) is 45.4 Å². The van der Waals surface area contributed by atoms with Gasteiger partial charge in [-0.2, -0.15) is 5.10 Å². The van der Waals surface area contributed by atoms with Crippen LogP contribution in [0, 0.1) is 19.8 Å². The molecule has 2 atom stereocenters. The van der Waals surface area contributed by atoms with Crippen LogP contribution in [-0.2, 0) is 11.8 Å². The Kier molecular flexibility index (Phi) is 3.87. The lowest BCUT2D eigenvalue weighted by atomic mass is 10.0. The predicted molar refractivity (Wildman–Crippen MR) is 82.9 cm³/mol. The Morgan fingerprint density at radius 3 is 2.81 bits per heavy atom. The van der Waals surface area contributed by atoms with Gasteiger partial charge < -0.3 is 4.90 Å². The van der Waals surface area contributed by atoms with Crippen molar-refractivity contribution in [1.82, 2.24) is 14.7 Å². The molecule has 4 nitrogen and oxygen atoms in total. The highest BCUT2D eigenvalue weighted by atomic mass is 16.2. The zero-order valence-electron chi connectivity index (χ0n) is 13.3. The summed E-state index contributed by atoms with van der Waals surface area (Å²) < 4.78 is 1.94. The second-order valence-electron chi connectivity index (χ2n) is 6.42. The Bertz CT molecular complexity index is 573. The monoisotopic (exact) mass is 287 g/mol. The highest BCUT2D eigenvalue weighted by molar-refractivity contribution is 5.77. The van der Waals surface area contributed by atoms with Crippen molar-refractivity contribution in [2.24, 2.45) is 13.0 Å². The molecule has 0 spiro atoms. The van der Waals surface area contributed by atoms with E-state index in [1.54, 1.807) is 0 Å². The molecule has 0 N–H and O–H groups in total. The van der Waals surface area contributed by atoms with Gasteiger partial charge in [0.2, 0.25) is 5.91 Å². The van der Waals surface area contributed by atoms with E-state index in [-0.39, 0.29) is 6.04 Å². The van der Waals surface area contributed by atoms with Crippen molar-refractivity contribution in [1.29, 1.82) is 0 Å². The number of carbonyl (C=O) groups is 1. The molecule has 3 rings (SSSR count). The van der Waals surface area contributed by atoms with E-state index in [2.05, 4.69) is 36.0 Å². The summed E-state index contributed by atoms with van der Waals surface area (Å²) >= 11 is 0. The zero-order valence-corrected chi connectivity index (χ0v) is 13.3. The van der Waals surface area contributed by atoms with Gasteiger partial charge >= 0.3 is 0 Å². The Balaban J connectivity index is 1.78. The number of aromatic nitrogens is 2. The minimum absolute atomic E-state index is 0.233. The first-order valence-corrected chi connectivity index (χ1v) is 8.04. The van der Waals surface area contributed by atoms with Gasteiger partial charge in [-0.25, -0.2) is 0 Å². The summed E-state index contributed by atoms with van der Waals surface area (Å²) in [7, 11) is 1.98. The number of amides is 1. The molecule has 0 unspecified atom stereocenters. The third-order valence-electron chi connectivity index (χ3n) is 5.02. The van der Waals surface area contributed by atoms with Crippen molar-refractivity contribution in [3.63, 3.8) is 0 Å².